The van der Waals surface area contributed by atoms with Crippen LogP contribution in [-0.2, 0) is 0 Å². The summed E-state index contributed by atoms with van der Waals surface area (Å²) in [6.07, 6.45) is 2.07. The van der Waals surface area contributed by atoms with Crippen molar-refractivity contribution in [2.75, 3.05) is 25.5 Å². The molecule has 0 atom stereocenters. The molecule has 1 fully saturated rings. The Morgan fingerprint density at radius 2 is 2.12 bits per heavy atom. The van der Waals surface area contributed by atoms with E-state index in [-0.39, 0.29) is 0 Å². The minimum atomic E-state index is 0.349. The molecule has 1 aliphatic rings. The zero-order chi connectivity index (χ0) is 12.3. The Labute approximate surface area is 107 Å². The van der Waals surface area contributed by atoms with Crippen molar-refractivity contribution in [2.45, 2.75) is 12.8 Å². The van der Waals surface area contributed by atoms with Crippen LogP contribution in [0.15, 0.2) is 18.2 Å². The fraction of sp³-hybridized carbons (Fsp3) is 0.462. The second-order valence-electron chi connectivity index (χ2n) is 4.38. The van der Waals surface area contributed by atoms with E-state index in [2.05, 4.69) is 10.6 Å². The van der Waals surface area contributed by atoms with Gasteiger partial charge in [0.15, 0.2) is 0 Å². The maximum atomic E-state index is 8.34. The van der Waals surface area contributed by atoms with E-state index >= 15 is 0 Å². The van der Waals surface area contributed by atoms with E-state index in [1.807, 2.05) is 25.2 Å². The summed E-state index contributed by atoms with van der Waals surface area (Å²) in [6.45, 7) is 2.00. The molecule has 0 spiro atoms. The van der Waals surface area contributed by atoms with E-state index in [1.54, 1.807) is 0 Å². The molecule has 0 saturated carbocycles. The van der Waals surface area contributed by atoms with Crippen LogP contribution in [-0.4, -0.2) is 25.8 Å². The van der Waals surface area contributed by atoms with Crippen molar-refractivity contribution in [1.29, 1.82) is 5.41 Å². The molecule has 1 aromatic carbocycles. The summed E-state index contributed by atoms with van der Waals surface area (Å²) in [5.74, 6) is 0.349. The molecule has 0 amide bonds. The van der Waals surface area contributed by atoms with Gasteiger partial charge in [0.1, 0.15) is 0 Å². The lowest BCUT2D eigenvalue weighted by Crippen LogP contribution is -2.32. The molecular weight excluding hydrogens is 234 g/mol. The van der Waals surface area contributed by atoms with Crippen LogP contribution in [0, 0.1) is 11.3 Å². The van der Waals surface area contributed by atoms with Crippen molar-refractivity contribution in [3.8, 4) is 0 Å². The van der Waals surface area contributed by atoms with Gasteiger partial charge in [-0.3, -0.25) is 0 Å². The van der Waals surface area contributed by atoms with Crippen molar-refractivity contribution >= 4 is 23.0 Å². The van der Waals surface area contributed by atoms with Crippen molar-refractivity contribution < 1.29 is 0 Å². The predicted molar refractivity (Wildman–Crippen MR) is 73.4 cm³/mol. The van der Waals surface area contributed by atoms with Crippen LogP contribution in [0.2, 0.25) is 5.02 Å². The van der Waals surface area contributed by atoms with Crippen LogP contribution >= 0.6 is 11.6 Å². The summed E-state index contributed by atoms with van der Waals surface area (Å²) >= 11 is 6.02. The Bertz CT molecular complexity index is 411. The monoisotopic (exact) mass is 251 g/mol. The van der Waals surface area contributed by atoms with E-state index < -0.39 is 0 Å². The maximum Gasteiger partial charge on any atom is 0.0439 e. The fourth-order valence-corrected chi connectivity index (χ4v) is 2.46. The van der Waals surface area contributed by atoms with Crippen LogP contribution < -0.4 is 10.6 Å². The van der Waals surface area contributed by atoms with Gasteiger partial charge in [-0.2, -0.15) is 0 Å². The number of benzene rings is 1. The number of rotatable bonds is 3. The highest BCUT2D eigenvalue weighted by Gasteiger charge is 2.20. The van der Waals surface area contributed by atoms with Gasteiger partial charge >= 0.3 is 0 Å². The molecule has 0 unspecified atom stereocenters. The first-order valence-corrected chi connectivity index (χ1v) is 6.37. The van der Waals surface area contributed by atoms with Crippen molar-refractivity contribution in [3.05, 3.63) is 28.8 Å². The van der Waals surface area contributed by atoms with E-state index in [9.17, 15) is 0 Å². The standard InChI is InChI=1S/C13H18ClN3/c1-16-12-3-2-10(14)8-11(12)13(15)9-4-6-17-7-5-9/h2-3,8-9,15-17H,4-7H2,1H3. The lowest BCUT2D eigenvalue weighted by atomic mass is 9.88. The molecule has 17 heavy (non-hydrogen) atoms. The SMILES string of the molecule is CNc1ccc(Cl)cc1C(=N)C1CCNCC1. The summed E-state index contributed by atoms with van der Waals surface area (Å²) in [5, 5.41) is 15.5. The molecule has 1 aliphatic heterocycles. The Balaban J connectivity index is 2.25. The molecule has 0 aliphatic carbocycles. The van der Waals surface area contributed by atoms with Gasteiger partial charge in [0.05, 0.1) is 0 Å². The minimum Gasteiger partial charge on any atom is -0.388 e. The van der Waals surface area contributed by atoms with E-state index in [0.717, 1.165) is 37.2 Å². The molecule has 1 aromatic rings. The largest absolute Gasteiger partial charge is 0.388 e. The Hall–Kier alpha value is -1.06. The average molecular weight is 252 g/mol. The van der Waals surface area contributed by atoms with Crippen LogP contribution in [0.4, 0.5) is 5.69 Å². The predicted octanol–water partition coefficient (Wildman–Crippen LogP) is 2.75. The van der Waals surface area contributed by atoms with E-state index in [1.165, 1.54) is 0 Å². The van der Waals surface area contributed by atoms with Crippen molar-refractivity contribution in [2.24, 2.45) is 5.92 Å². The topological polar surface area (TPSA) is 47.9 Å². The van der Waals surface area contributed by atoms with Crippen LogP contribution in [0.25, 0.3) is 0 Å². The first-order valence-electron chi connectivity index (χ1n) is 5.99. The molecular formula is C13H18ClN3. The Morgan fingerprint density at radius 3 is 2.76 bits per heavy atom. The molecule has 0 radical (unpaired) electrons. The molecule has 3 nitrogen and oxygen atoms in total. The molecule has 4 heteroatoms. The number of nitrogens with one attached hydrogen (secondary N) is 3. The summed E-state index contributed by atoms with van der Waals surface area (Å²) in [5.41, 5.74) is 2.63. The number of anilines is 1. The zero-order valence-electron chi connectivity index (χ0n) is 10.0. The molecule has 1 heterocycles. The number of piperidine rings is 1. The molecule has 1 saturated heterocycles. The number of hydrogen-bond acceptors (Lipinski definition) is 3. The average Bonchev–Trinajstić information content (AvgIpc) is 2.39. The zero-order valence-corrected chi connectivity index (χ0v) is 10.8. The second-order valence-corrected chi connectivity index (χ2v) is 4.81. The molecule has 0 aromatic heterocycles. The van der Waals surface area contributed by atoms with Gasteiger partial charge in [-0.15, -0.1) is 0 Å². The van der Waals surface area contributed by atoms with Crippen LogP contribution in [0.1, 0.15) is 18.4 Å². The summed E-state index contributed by atoms with van der Waals surface area (Å²) in [6, 6.07) is 5.68. The maximum absolute atomic E-state index is 8.34. The van der Waals surface area contributed by atoms with Gasteiger partial charge in [0.2, 0.25) is 0 Å². The van der Waals surface area contributed by atoms with Gasteiger partial charge in [-0.05, 0) is 44.1 Å². The lowest BCUT2D eigenvalue weighted by Gasteiger charge is -2.24. The third kappa shape index (κ3) is 2.79. The highest BCUT2D eigenvalue weighted by Crippen LogP contribution is 2.26. The number of hydrogen-bond donors (Lipinski definition) is 3. The number of halogens is 1. The Morgan fingerprint density at radius 1 is 1.41 bits per heavy atom. The normalized spacial score (nSPS) is 16.8. The van der Waals surface area contributed by atoms with Crippen LogP contribution in [0.5, 0.6) is 0 Å². The third-order valence-electron chi connectivity index (χ3n) is 3.29. The van der Waals surface area contributed by atoms with Gasteiger partial charge in [0.25, 0.3) is 0 Å². The van der Waals surface area contributed by atoms with Gasteiger partial charge in [0, 0.05) is 35.0 Å². The minimum absolute atomic E-state index is 0.349. The second kappa shape index (κ2) is 5.52. The lowest BCUT2D eigenvalue weighted by molar-refractivity contribution is 0.456. The summed E-state index contributed by atoms with van der Waals surface area (Å²) in [7, 11) is 1.88. The molecule has 92 valence electrons. The first kappa shape index (κ1) is 12.4. The van der Waals surface area contributed by atoms with Gasteiger partial charge < -0.3 is 16.0 Å². The molecule has 3 N–H and O–H groups in total. The van der Waals surface area contributed by atoms with Gasteiger partial charge in [-0.25, -0.2) is 0 Å². The highest BCUT2D eigenvalue weighted by atomic mass is 35.5. The summed E-state index contributed by atoms with van der Waals surface area (Å²) < 4.78 is 0. The van der Waals surface area contributed by atoms with Gasteiger partial charge in [-0.1, -0.05) is 11.6 Å². The van der Waals surface area contributed by atoms with E-state index in [4.69, 9.17) is 17.0 Å². The Kier molecular flexibility index (Phi) is 4.02. The quantitative estimate of drug-likeness (QED) is 0.724. The summed E-state index contributed by atoms with van der Waals surface area (Å²) in [4.78, 5) is 0. The first-order chi connectivity index (χ1) is 8.22. The van der Waals surface area contributed by atoms with Crippen LogP contribution in [0.3, 0.4) is 0 Å². The van der Waals surface area contributed by atoms with Crippen molar-refractivity contribution in [1.82, 2.24) is 5.32 Å². The fourth-order valence-electron chi connectivity index (χ4n) is 2.29. The third-order valence-corrected chi connectivity index (χ3v) is 3.52. The van der Waals surface area contributed by atoms with E-state index in [0.29, 0.717) is 16.7 Å². The van der Waals surface area contributed by atoms with Crippen molar-refractivity contribution in [3.63, 3.8) is 0 Å². The molecule has 0 bridgehead atoms. The molecule has 2 rings (SSSR count). The highest BCUT2D eigenvalue weighted by molar-refractivity contribution is 6.31. The smallest absolute Gasteiger partial charge is 0.0439 e.